The summed E-state index contributed by atoms with van der Waals surface area (Å²) >= 11 is 0. The average Bonchev–Trinajstić information content (AvgIpc) is 2.87. The Hall–Kier alpha value is -4.18. The van der Waals surface area contributed by atoms with Crippen molar-refractivity contribution >= 4 is 28.4 Å². The number of rotatable bonds is 6. The van der Waals surface area contributed by atoms with Crippen molar-refractivity contribution in [2.24, 2.45) is 5.73 Å². The third-order valence-electron chi connectivity index (χ3n) is 6.28. The molecule has 0 saturated carbocycles. The number of likely N-dealkylation sites (N-methyl/N-ethyl adjacent to an activating group) is 1. The third-order valence-corrected chi connectivity index (χ3v) is 6.28. The molecule has 0 atom stereocenters. The predicted molar refractivity (Wildman–Crippen MR) is 132 cm³/mol. The van der Waals surface area contributed by atoms with Gasteiger partial charge in [-0.25, -0.2) is 9.97 Å². The molecule has 0 radical (unpaired) electrons. The summed E-state index contributed by atoms with van der Waals surface area (Å²) in [7, 11) is 3.73. The summed E-state index contributed by atoms with van der Waals surface area (Å²) in [6.07, 6.45) is 3.96. The van der Waals surface area contributed by atoms with Crippen LogP contribution in [0.1, 0.15) is 16.8 Å². The van der Waals surface area contributed by atoms with Gasteiger partial charge >= 0.3 is 5.92 Å². The van der Waals surface area contributed by atoms with Crippen molar-refractivity contribution in [3.63, 3.8) is 0 Å². The van der Waals surface area contributed by atoms with E-state index < -0.39 is 17.5 Å². The molecule has 3 heterocycles. The molecule has 1 amide bonds. The number of aromatic nitrogens is 3. The number of nitrogens with zero attached hydrogens (tertiary/aromatic N) is 4. The minimum absolute atomic E-state index is 0.400. The largest absolute Gasteiger partial charge is 0.495 e. The van der Waals surface area contributed by atoms with Gasteiger partial charge in [0, 0.05) is 36.4 Å². The van der Waals surface area contributed by atoms with Crippen LogP contribution in [0.15, 0.2) is 54.9 Å². The Bertz CT molecular complexity index is 1460. The lowest BCUT2D eigenvalue weighted by atomic mass is 9.99. The summed E-state index contributed by atoms with van der Waals surface area (Å²) in [5, 5.41) is 4.08. The fraction of sp³-hybridized carbons (Fsp3) is 0.231. The first-order valence-electron chi connectivity index (χ1n) is 11.3. The molecule has 5 rings (SSSR count). The van der Waals surface area contributed by atoms with Crippen LogP contribution in [0.25, 0.3) is 22.0 Å². The van der Waals surface area contributed by atoms with Crippen LogP contribution in [0.5, 0.6) is 5.75 Å². The quantitative estimate of drug-likeness (QED) is 0.421. The predicted octanol–water partition coefficient (Wildman–Crippen LogP) is 4.01. The maximum absolute atomic E-state index is 13.8. The number of carbonyl (C=O) groups is 1. The minimum atomic E-state index is -3.83. The molecule has 0 unspecified atom stereocenters. The number of anilines is 2. The van der Waals surface area contributed by atoms with E-state index in [1.165, 1.54) is 23.4 Å². The van der Waals surface area contributed by atoms with Crippen LogP contribution in [0, 0.1) is 0 Å². The van der Waals surface area contributed by atoms with Crippen LogP contribution in [0.4, 0.5) is 20.4 Å². The van der Waals surface area contributed by atoms with Crippen LogP contribution in [0.2, 0.25) is 0 Å². The number of carbonyl (C=O) groups excluding carboxylic acids is 1. The molecule has 0 spiro atoms. The highest BCUT2D eigenvalue weighted by Gasteiger charge is 2.40. The Labute approximate surface area is 206 Å². The standard InChI is InChI=1S/C26H24F2N6O2/c1-34-8-7-16-11-22(36-2)21(10-19(16)14-34)33-25-31-13-18-4-3-15(9-20(18)32-25)17-5-6-23(30-12-17)26(27,28)24(29)35/h3-6,9-13H,7-8,14H2,1-2H3,(H2,29,35)(H,31,32,33). The topological polar surface area (TPSA) is 106 Å². The number of hydrogen-bond donors (Lipinski definition) is 2. The van der Waals surface area contributed by atoms with Crippen molar-refractivity contribution in [1.82, 2.24) is 19.9 Å². The van der Waals surface area contributed by atoms with E-state index in [2.05, 4.69) is 44.3 Å². The lowest BCUT2D eigenvalue weighted by Crippen LogP contribution is -2.33. The van der Waals surface area contributed by atoms with Crippen molar-refractivity contribution in [3.05, 3.63) is 71.7 Å². The normalized spacial score (nSPS) is 13.9. The number of primary amides is 1. The first-order valence-corrected chi connectivity index (χ1v) is 11.3. The summed E-state index contributed by atoms with van der Waals surface area (Å²) in [4.78, 5) is 26.1. The van der Waals surface area contributed by atoms with Gasteiger partial charge < -0.3 is 20.7 Å². The molecule has 2 aromatic carbocycles. The second-order valence-electron chi connectivity index (χ2n) is 8.77. The monoisotopic (exact) mass is 490 g/mol. The average molecular weight is 491 g/mol. The molecule has 0 aliphatic carbocycles. The van der Waals surface area contributed by atoms with Crippen LogP contribution in [-0.4, -0.2) is 46.5 Å². The van der Waals surface area contributed by atoms with Gasteiger partial charge in [0.1, 0.15) is 11.4 Å². The third kappa shape index (κ3) is 4.42. The Morgan fingerprint density at radius 3 is 2.61 bits per heavy atom. The molecule has 36 heavy (non-hydrogen) atoms. The lowest BCUT2D eigenvalue weighted by Gasteiger charge is -2.26. The summed E-state index contributed by atoms with van der Waals surface area (Å²) < 4.78 is 33.3. The van der Waals surface area contributed by atoms with Gasteiger partial charge in [-0.15, -0.1) is 0 Å². The number of amides is 1. The first kappa shape index (κ1) is 23.6. The first-order chi connectivity index (χ1) is 17.2. The fourth-order valence-electron chi connectivity index (χ4n) is 4.25. The van der Waals surface area contributed by atoms with E-state index in [0.29, 0.717) is 17.0 Å². The van der Waals surface area contributed by atoms with Gasteiger partial charge in [0.2, 0.25) is 5.95 Å². The van der Waals surface area contributed by atoms with Crippen LogP contribution >= 0.6 is 0 Å². The highest BCUT2D eigenvalue weighted by molar-refractivity contribution is 5.85. The molecule has 1 aliphatic heterocycles. The van der Waals surface area contributed by atoms with Crippen molar-refractivity contribution in [2.45, 2.75) is 18.9 Å². The second-order valence-corrected chi connectivity index (χ2v) is 8.77. The minimum Gasteiger partial charge on any atom is -0.495 e. The van der Waals surface area contributed by atoms with Gasteiger partial charge in [-0.3, -0.25) is 9.78 Å². The number of alkyl halides is 2. The van der Waals surface area contributed by atoms with Gasteiger partial charge in [0.25, 0.3) is 5.91 Å². The van der Waals surface area contributed by atoms with Crippen molar-refractivity contribution in [1.29, 1.82) is 0 Å². The molecular weight excluding hydrogens is 466 g/mol. The van der Waals surface area contributed by atoms with Crippen molar-refractivity contribution < 1.29 is 18.3 Å². The van der Waals surface area contributed by atoms with Crippen molar-refractivity contribution in [3.8, 4) is 16.9 Å². The maximum atomic E-state index is 13.8. The summed E-state index contributed by atoms with van der Waals surface area (Å²) in [5.41, 5.74) is 9.34. The molecule has 3 N–H and O–H groups in total. The van der Waals surface area contributed by atoms with E-state index in [1.54, 1.807) is 13.3 Å². The number of nitrogens with one attached hydrogen (secondary N) is 1. The van der Waals surface area contributed by atoms with Crippen LogP contribution in [-0.2, 0) is 23.7 Å². The summed E-state index contributed by atoms with van der Waals surface area (Å²) in [6.45, 7) is 1.86. The van der Waals surface area contributed by atoms with E-state index in [4.69, 9.17) is 10.5 Å². The van der Waals surface area contributed by atoms with Crippen LogP contribution in [0.3, 0.4) is 0 Å². The number of methoxy groups -OCH3 is 1. The number of fused-ring (bicyclic) bond motifs is 2. The molecular formula is C26H24F2N6O2. The van der Waals surface area contributed by atoms with E-state index in [0.717, 1.165) is 48.0 Å². The smallest absolute Gasteiger partial charge is 0.365 e. The zero-order valence-electron chi connectivity index (χ0n) is 19.8. The zero-order valence-corrected chi connectivity index (χ0v) is 19.8. The highest BCUT2D eigenvalue weighted by Crippen LogP contribution is 2.33. The molecule has 0 fully saturated rings. The Morgan fingerprint density at radius 1 is 1.08 bits per heavy atom. The van der Waals surface area contributed by atoms with E-state index in [-0.39, 0.29) is 0 Å². The van der Waals surface area contributed by atoms with Gasteiger partial charge in [-0.2, -0.15) is 8.78 Å². The fourth-order valence-corrected chi connectivity index (χ4v) is 4.25. The summed E-state index contributed by atoms with van der Waals surface area (Å²) in [5.74, 6) is -4.46. The van der Waals surface area contributed by atoms with Gasteiger partial charge in [0.05, 0.1) is 18.3 Å². The van der Waals surface area contributed by atoms with E-state index in [1.807, 2.05) is 18.2 Å². The molecule has 184 valence electrons. The van der Waals surface area contributed by atoms with Gasteiger partial charge in [0.15, 0.2) is 0 Å². The SMILES string of the molecule is COc1cc2c(cc1Nc1ncc3ccc(-c4ccc(C(F)(F)C(N)=O)nc4)cc3n1)CN(C)CC2. The molecule has 4 aromatic rings. The van der Waals surface area contributed by atoms with Gasteiger partial charge in [-0.05, 0) is 54.4 Å². The number of pyridine rings is 1. The van der Waals surface area contributed by atoms with Crippen molar-refractivity contribution in [2.75, 3.05) is 26.0 Å². The zero-order chi connectivity index (χ0) is 25.4. The molecule has 1 aliphatic rings. The number of halogens is 2. The Kier molecular flexibility index (Phi) is 5.97. The molecule has 10 heteroatoms. The number of hydrogen-bond acceptors (Lipinski definition) is 7. The number of benzene rings is 2. The number of ether oxygens (including phenoxy) is 1. The Morgan fingerprint density at radius 2 is 1.89 bits per heavy atom. The molecule has 0 bridgehead atoms. The molecule has 0 saturated heterocycles. The molecule has 8 nitrogen and oxygen atoms in total. The molecule has 2 aromatic heterocycles. The lowest BCUT2D eigenvalue weighted by molar-refractivity contribution is -0.143. The second kappa shape index (κ2) is 9.12. The number of nitrogens with two attached hydrogens (primary N) is 1. The van der Waals surface area contributed by atoms with Gasteiger partial charge in [-0.1, -0.05) is 18.2 Å². The Balaban J connectivity index is 1.45. The highest BCUT2D eigenvalue weighted by atomic mass is 19.3. The maximum Gasteiger partial charge on any atom is 0.365 e. The van der Waals surface area contributed by atoms with Crippen LogP contribution < -0.4 is 15.8 Å². The van der Waals surface area contributed by atoms with E-state index >= 15 is 0 Å². The van der Waals surface area contributed by atoms with E-state index in [9.17, 15) is 13.6 Å². The summed E-state index contributed by atoms with van der Waals surface area (Å²) in [6, 6.07) is 12.2.